The molecule has 1 aromatic heterocycles. The summed E-state index contributed by atoms with van der Waals surface area (Å²) in [6, 6.07) is 7.69. The normalized spacial score (nSPS) is 22.5. The van der Waals surface area contributed by atoms with Crippen molar-refractivity contribution < 1.29 is 8.42 Å². The molecule has 0 fully saturated rings. The third kappa shape index (κ3) is 2.05. The predicted molar refractivity (Wildman–Crippen MR) is 86.9 cm³/mol. The summed E-state index contributed by atoms with van der Waals surface area (Å²) in [4.78, 5) is 0. The van der Waals surface area contributed by atoms with Gasteiger partial charge in [-0.2, -0.15) is 0 Å². The van der Waals surface area contributed by atoms with Crippen LogP contribution in [0.4, 0.5) is 0 Å². The van der Waals surface area contributed by atoms with Crippen molar-refractivity contribution in [1.82, 2.24) is 3.97 Å². The zero-order valence-corrected chi connectivity index (χ0v) is 13.3. The Morgan fingerprint density at radius 2 is 1.95 bits per heavy atom. The van der Waals surface area contributed by atoms with Crippen LogP contribution in [0.3, 0.4) is 0 Å². The molecule has 3 nitrogen and oxygen atoms in total. The van der Waals surface area contributed by atoms with Crippen LogP contribution in [-0.4, -0.2) is 17.1 Å². The Morgan fingerprint density at radius 3 is 2.67 bits per heavy atom. The van der Waals surface area contributed by atoms with Crippen LogP contribution in [-0.2, 0) is 10.0 Å². The van der Waals surface area contributed by atoms with E-state index in [4.69, 9.17) is 0 Å². The fourth-order valence-corrected chi connectivity index (χ4v) is 4.81. The minimum atomic E-state index is -3.51. The Hall–Kier alpha value is -1.81. The highest BCUT2D eigenvalue weighted by Crippen LogP contribution is 2.33. The maximum absolute atomic E-state index is 13.2. The van der Waals surface area contributed by atoms with Crippen molar-refractivity contribution in [2.24, 2.45) is 0 Å². The van der Waals surface area contributed by atoms with Crippen molar-refractivity contribution in [2.75, 3.05) is 0 Å². The molecule has 0 radical (unpaired) electrons. The Bertz CT molecular complexity index is 871. The first-order valence-electron chi connectivity index (χ1n) is 7.03. The molecule has 0 aliphatic heterocycles. The van der Waals surface area contributed by atoms with Gasteiger partial charge < -0.3 is 0 Å². The summed E-state index contributed by atoms with van der Waals surface area (Å²) in [5.41, 5.74) is 2.73. The summed E-state index contributed by atoms with van der Waals surface area (Å²) in [7, 11) is -3.51. The number of hydrogen-bond acceptors (Lipinski definition) is 2. The Balaban J connectivity index is 2.25. The number of allylic oxidation sites excluding steroid dienone is 3. The average molecular weight is 301 g/mol. The molecule has 1 aromatic carbocycles. The van der Waals surface area contributed by atoms with Gasteiger partial charge in [0.25, 0.3) is 0 Å². The molecule has 110 valence electrons. The van der Waals surface area contributed by atoms with E-state index in [1.54, 1.807) is 13.1 Å². The molecule has 1 atom stereocenters. The summed E-state index contributed by atoms with van der Waals surface area (Å²) in [6.07, 6.45) is 7.92. The summed E-state index contributed by atoms with van der Waals surface area (Å²) in [6.45, 7) is 5.67. The van der Waals surface area contributed by atoms with Gasteiger partial charge in [0.05, 0.1) is 5.52 Å². The summed E-state index contributed by atoms with van der Waals surface area (Å²) in [5, 5.41) is 0.953. The molecule has 1 aliphatic rings. The van der Waals surface area contributed by atoms with Gasteiger partial charge in [0.2, 0.25) is 10.0 Å². The molecule has 4 heteroatoms. The van der Waals surface area contributed by atoms with Crippen molar-refractivity contribution in [2.45, 2.75) is 31.9 Å². The topological polar surface area (TPSA) is 39.1 Å². The van der Waals surface area contributed by atoms with Crippen LogP contribution in [0.25, 0.3) is 10.9 Å². The maximum Gasteiger partial charge on any atom is 0.248 e. The van der Waals surface area contributed by atoms with E-state index < -0.39 is 14.8 Å². The summed E-state index contributed by atoms with van der Waals surface area (Å²) < 4.78 is 26.9. The molecule has 0 spiro atoms. The molecular weight excluding hydrogens is 282 g/mol. The molecule has 0 bridgehead atoms. The van der Waals surface area contributed by atoms with Crippen LogP contribution in [0.1, 0.15) is 25.8 Å². The van der Waals surface area contributed by atoms with Gasteiger partial charge in [0, 0.05) is 11.6 Å². The Morgan fingerprint density at radius 1 is 1.19 bits per heavy atom. The lowest BCUT2D eigenvalue weighted by atomic mass is 9.98. The van der Waals surface area contributed by atoms with E-state index in [0.29, 0.717) is 6.42 Å². The summed E-state index contributed by atoms with van der Waals surface area (Å²) >= 11 is 0. The zero-order valence-electron chi connectivity index (χ0n) is 12.5. The van der Waals surface area contributed by atoms with Gasteiger partial charge in [0.1, 0.15) is 4.75 Å². The number of nitrogens with zero attached hydrogens (tertiary/aromatic N) is 1. The number of aromatic nitrogens is 1. The second-order valence-electron chi connectivity index (χ2n) is 5.94. The number of hydrogen-bond donors (Lipinski definition) is 0. The first-order chi connectivity index (χ1) is 9.85. The first-order valence-corrected chi connectivity index (χ1v) is 8.47. The molecule has 3 rings (SSSR count). The van der Waals surface area contributed by atoms with Crippen LogP contribution in [0, 0.1) is 6.92 Å². The molecule has 0 saturated carbocycles. The van der Waals surface area contributed by atoms with E-state index in [1.165, 1.54) is 3.97 Å². The molecular formula is C17H19NO2S. The van der Waals surface area contributed by atoms with Crippen molar-refractivity contribution in [3.63, 3.8) is 0 Å². The Kier molecular flexibility index (Phi) is 3.10. The fraction of sp³-hybridized carbons (Fsp3) is 0.294. The standard InChI is InChI=1S/C17H19NO2S/c1-13-6-5-10-17(3,12-13)21(19,20)18-11-9-15-8-4-7-14(2)16(15)18/h4-9,11-12H,10H2,1-3H3. The highest BCUT2D eigenvalue weighted by atomic mass is 32.2. The van der Waals surface area contributed by atoms with Crippen LogP contribution >= 0.6 is 0 Å². The number of benzene rings is 1. The molecule has 0 N–H and O–H groups in total. The third-order valence-electron chi connectivity index (χ3n) is 4.16. The average Bonchev–Trinajstić information content (AvgIpc) is 2.84. The molecule has 0 amide bonds. The lowest BCUT2D eigenvalue weighted by Gasteiger charge is -2.28. The van der Waals surface area contributed by atoms with Crippen molar-refractivity contribution >= 4 is 20.9 Å². The highest BCUT2D eigenvalue weighted by molar-refractivity contribution is 7.91. The molecule has 0 saturated heterocycles. The van der Waals surface area contributed by atoms with Gasteiger partial charge in [-0.05, 0) is 38.8 Å². The lowest BCUT2D eigenvalue weighted by Crippen LogP contribution is -2.38. The van der Waals surface area contributed by atoms with Crippen molar-refractivity contribution in [1.29, 1.82) is 0 Å². The minimum absolute atomic E-state index is 0.498. The van der Waals surface area contributed by atoms with E-state index in [9.17, 15) is 8.42 Å². The molecule has 2 aromatic rings. The second-order valence-corrected chi connectivity index (χ2v) is 8.21. The van der Waals surface area contributed by atoms with Crippen LogP contribution in [0.2, 0.25) is 0 Å². The first kappa shape index (κ1) is 14.1. The largest absolute Gasteiger partial charge is 0.248 e. The van der Waals surface area contributed by atoms with Gasteiger partial charge in [-0.1, -0.05) is 42.0 Å². The monoisotopic (exact) mass is 301 g/mol. The van der Waals surface area contributed by atoms with Gasteiger partial charge in [0.15, 0.2) is 0 Å². The number of rotatable bonds is 2. The zero-order chi connectivity index (χ0) is 15.3. The quantitative estimate of drug-likeness (QED) is 0.846. The second kappa shape index (κ2) is 4.60. The number of para-hydroxylation sites is 1. The van der Waals surface area contributed by atoms with E-state index in [2.05, 4.69) is 0 Å². The third-order valence-corrected chi connectivity index (χ3v) is 6.45. The molecule has 1 heterocycles. The van der Waals surface area contributed by atoms with Gasteiger partial charge >= 0.3 is 0 Å². The van der Waals surface area contributed by atoms with Gasteiger partial charge in [-0.25, -0.2) is 12.4 Å². The fourth-order valence-electron chi connectivity index (χ4n) is 3.01. The smallest absolute Gasteiger partial charge is 0.244 e. The van der Waals surface area contributed by atoms with Crippen molar-refractivity contribution in [3.8, 4) is 0 Å². The number of fused-ring (bicyclic) bond motifs is 1. The predicted octanol–water partition coefficient (Wildman–Crippen LogP) is 3.79. The summed E-state index contributed by atoms with van der Waals surface area (Å²) in [5.74, 6) is 0. The molecule has 1 unspecified atom stereocenters. The van der Waals surface area contributed by atoms with E-state index in [0.717, 1.165) is 22.0 Å². The van der Waals surface area contributed by atoms with Crippen LogP contribution in [0.15, 0.2) is 54.3 Å². The van der Waals surface area contributed by atoms with Gasteiger partial charge in [-0.15, -0.1) is 0 Å². The lowest BCUT2D eigenvalue weighted by molar-refractivity contribution is 0.554. The van der Waals surface area contributed by atoms with E-state index in [1.807, 2.05) is 56.3 Å². The van der Waals surface area contributed by atoms with Crippen molar-refractivity contribution in [3.05, 3.63) is 59.8 Å². The number of aryl methyl sites for hydroxylation is 1. The SMILES string of the molecule is CC1=CC(C)(S(=O)(=O)n2ccc3cccc(C)c32)CC=C1. The van der Waals surface area contributed by atoms with Crippen LogP contribution < -0.4 is 0 Å². The molecule has 21 heavy (non-hydrogen) atoms. The maximum atomic E-state index is 13.2. The minimum Gasteiger partial charge on any atom is -0.244 e. The van der Waals surface area contributed by atoms with Crippen LogP contribution in [0.5, 0.6) is 0 Å². The Labute approximate surface area is 125 Å². The molecule has 1 aliphatic carbocycles. The van der Waals surface area contributed by atoms with E-state index >= 15 is 0 Å². The van der Waals surface area contributed by atoms with Gasteiger partial charge in [-0.3, -0.25) is 0 Å². The highest BCUT2D eigenvalue weighted by Gasteiger charge is 2.39. The van der Waals surface area contributed by atoms with E-state index in [-0.39, 0.29) is 0 Å².